The van der Waals surface area contributed by atoms with E-state index in [1.807, 2.05) is 0 Å². The zero-order chi connectivity index (χ0) is 69.0. The Morgan fingerprint density at radius 3 is 0.713 bits per heavy atom. The zero-order valence-corrected chi connectivity index (χ0v) is 60.7. The van der Waals surface area contributed by atoms with Crippen LogP contribution in [0.5, 0.6) is 0 Å². The van der Waals surface area contributed by atoms with Gasteiger partial charge in [0.25, 0.3) is 0 Å². The summed E-state index contributed by atoms with van der Waals surface area (Å²) >= 11 is 0. The van der Waals surface area contributed by atoms with Gasteiger partial charge in [0.1, 0.15) is 13.6 Å². The minimum absolute atomic E-state index is 0.0312. The van der Waals surface area contributed by atoms with Crippen LogP contribution in [0.4, 0.5) is 0 Å². The van der Waals surface area contributed by atoms with Gasteiger partial charge in [-0.05, 0) is 270 Å². The maximum absolute atomic E-state index is 6.76. The summed E-state index contributed by atoms with van der Waals surface area (Å²) in [6, 6.07) is 98.5. The van der Waals surface area contributed by atoms with Crippen molar-refractivity contribution in [3.63, 3.8) is 0 Å². The molecule has 0 spiro atoms. The molecule has 512 valence electrons. The lowest BCUT2D eigenvalue weighted by Crippen LogP contribution is -2.40. The van der Waals surface area contributed by atoms with E-state index in [-0.39, 0.29) is 40.7 Å². The maximum Gasteiger partial charge on any atom is 0.147 e. The molecule has 0 aromatic heterocycles. The highest BCUT2D eigenvalue weighted by molar-refractivity contribution is 5.91. The SMILES string of the molecule is COCOC12CCC(CC1)c1ccc(cc1)-c1ccc(cc1)C1(C)CCC(OCOC)(CC1)c1ccc(cc1)-c1ccc3cc(ccc3c1)-c1ccc(cc1)C1(C)CCC(C)(CC1)c1ccc(cc1)-c1ccc(cc1)C1(C)CCC(C)(CC1)c1ccc(cc1)-c1ccc(cc1)-c1ccc2cc1. The summed E-state index contributed by atoms with van der Waals surface area (Å²) < 4.78 is 24.7. The lowest BCUT2D eigenvalue weighted by Gasteiger charge is -2.45. The van der Waals surface area contributed by atoms with E-state index in [4.69, 9.17) is 18.9 Å². The molecule has 11 aromatic carbocycles. The molecule has 11 aromatic rings. The average molecular weight is 1330 g/mol. The van der Waals surface area contributed by atoms with Crippen molar-refractivity contribution in [2.45, 2.75) is 182 Å². The van der Waals surface area contributed by atoms with Gasteiger partial charge >= 0.3 is 0 Å². The van der Waals surface area contributed by atoms with Crippen LogP contribution in [0, 0.1) is 0 Å². The van der Waals surface area contributed by atoms with E-state index in [9.17, 15) is 0 Å². The van der Waals surface area contributed by atoms with E-state index in [1.165, 1.54) is 173 Å². The molecule has 0 heterocycles. The first-order valence-corrected chi connectivity index (χ1v) is 37.8. The Balaban J connectivity index is 0.642. The normalized spacial score (nSPS) is 26.3. The van der Waals surface area contributed by atoms with Crippen LogP contribution < -0.4 is 0 Å². The zero-order valence-electron chi connectivity index (χ0n) is 60.7. The highest BCUT2D eigenvalue weighted by atomic mass is 16.7. The second kappa shape index (κ2) is 27.0. The van der Waals surface area contributed by atoms with E-state index in [0.717, 1.165) is 51.4 Å². The lowest BCUT2D eigenvalue weighted by atomic mass is 9.60. The fourth-order valence-corrected chi connectivity index (χ4v) is 18.8. The van der Waals surface area contributed by atoms with Gasteiger partial charge in [0.05, 0.1) is 11.2 Å². The third-order valence-corrected chi connectivity index (χ3v) is 26.6. The topological polar surface area (TPSA) is 36.9 Å². The number of ether oxygens (including phenoxy) is 4. The molecule has 27 aliphatic carbocycles. The van der Waals surface area contributed by atoms with Gasteiger partial charge in [-0.3, -0.25) is 0 Å². The molecule has 0 unspecified atom stereocenters. The van der Waals surface area contributed by atoms with Gasteiger partial charge in [-0.2, -0.15) is 0 Å². The number of hydrogen-bond donors (Lipinski definition) is 0. The lowest BCUT2D eigenvalue weighted by molar-refractivity contribution is -0.156. The van der Waals surface area contributed by atoms with E-state index < -0.39 is 11.2 Å². The van der Waals surface area contributed by atoms with Crippen molar-refractivity contribution < 1.29 is 18.9 Å². The van der Waals surface area contributed by atoms with E-state index in [1.54, 1.807) is 14.2 Å². The van der Waals surface area contributed by atoms with Gasteiger partial charge in [-0.25, -0.2) is 0 Å². The van der Waals surface area contributed by atoms with Crippen LogP contribution in [-0.4, -0.2) is 27.8 Å². The van der Waals surface area contributed by atoms with E-state index in [0.29, 0.717) is 5.92 Å². The first-order chi connectivity index (χ1) is 49.0. The molecular weight excluding hydrogens is 1230 g/mol. The summed E-state index contributed by atoms with van der Waals surface area (Å²) in [4.78, 5) is 0. The third-order valence-electron chi connectivity index (χ3n) is 26.6. The summed E-state index contributed by atoms with van der Waals surface area (Å²) in [6.07, 6.45) is 17.2. The van der Waals surface area contributed by atoms with Crippen LogP contribution in [0.25, 0.3) is 77.5 Å². The molecule has 0 atom stereocenters. The van der Waals surface area contributed by atoms with Crippen LogP contribution in [-0.2, 0) is 57.2 Å². The third kappa shape index (κ3) is 13.0. The molecule has 4 saturated carbocycles. The van der Waals surface area contributed by atoms with Crippen molar-refractivity contribution >= 4 is 10.8 Å². The Morgan fingerprint density at radius 2 is 0.446 bits per heavy atom. The van der Waals surface area contributed by atoms with E-state index in [2.05, 4.69) is 289 Å². The van der Waals surface area contributed by atoms with Crippen LogP contribution in [0.3, 0.4) is 0 Å². The van der Waals surface area contributed by atoms with Gasteiger partial charge in [0, 0.05) is 14.2 Å². The Hall–Kier alpha value is -8.48. The quantitative estimate of drug-likeness (QED) is 0.156. The molecule has 4 fully saturated rings. The predicted molar refractivity (Wildman–Crippen MR) is 419 cm³/mol. The van der Waals surface area contributed by atoms with Crippen molar-refractivity contribution in [3.05, 3.63) is 299 Å². The largest absolute Gasteiger partial charge is 0.359 e. The molecular formula is C97H100O4. The van der Waals surface area contributed by atoms with Gasteiger partial charge < -0.3 is 18.9 Å². The number of methoxy groups -OCH3 is 2. The molecule has 4 nitrogen and oxygen atoms in total. The highest BCUT2D eigenvalue weighted by Crippen LogP contribution is 2.54. The fourth-order valence-electron chi connectivity index (χ4n) is 18.8. The van der Waals surface area contributed by atoms with Crippen molar-refractivity contribution in [2.75, 3.05) is 27.8 Å². The minimum atomic E-state index is -0.419. The van der Waals surface area contributed by atoms with Gasteiger partial charge in [-0.1, -0.05) is 277 Å². The first-order valence-electron chi connectivity index (χ1n) is 37.8. The molecule has 4 heteroatoms. The molecule has 0 radical (unpaired) electrons. The summed E-state index contributed by atoms with van der Waals surface area (Å²) in [5.74, 6) is 0.471. The molecule has 27 aliphatic rings. The second-order valence-corrected chi connectivity index (χ2v) is 32.7. The fraction of sp³-hybridized carbons (Fsp3) is 0.340. The standard InChI is InChI=1S/C97H100O4/c1-91-52-54-92(2,55-53-91)85-36-24-74(25-37-85)75-26-38-86(39-27-75)93(3)56-58-94(4,59-57-93)87-42-28-77(29-43-87)80-16-18-83-65-81(17-19-82(83)64-80)78-32-46-90(47-33-78)97(101-67-99-7)62-60-95(5,61-63-97)88-40-22-73(23-41-88)69-12-14-71(15-13-69)79-48-50-96(51-49-79,100-66-98-6)89-44-30-76(31-45-89)70-10-8-68(9-11-70)72-20-34-84(91)35-21-72/h8-47,64-65,79H,48-63,66-67H2,1-7H3. The highest BCUT2D eigenvalue weighted by Gasteiger charge is 2.45. The summed E-state index contributed by atoms with van der Waals surface area (Å²) in [5.41, 5.74) is 25.9. The Bertz CT molecular complexity index is 4670. The van der Waals surface area contributed by atoms with Crippen molar-refractivity contribution in [1.29, 1.82) is 0 Å². The van der Waals surface area contributed by atoms with Gasteiger partial charge in [0.2, 0.25) is 0 Å². The average Bonchev–Trinajstić information content (AvgIpc) is 0.791. The smallest absolute Gasteiger partial charge is 0.147 e. The van der Waals surface area contributed by atoms with Crippen LogP contribution in [0.15, 0.2) is 255 Å². The maximum atomic E-state index is 6.76. The van der Waals surface area contributed by atoms with E-state index >= 15 is 0 Å². The van der Waals surface area contributed by atoms with Crippen LogP contribution in [0.1, 0.15) is 188 Å². The molecule has 0 aliphatic heterocycles. The number of benzene rings is 11. The Morgan fingerprint density at radius 1 is 0.238 bits per heavy atom. The molecule has 0 N–H and O–H groups in total. The van der Waals surface area contributed by atoms with Crippen molar-refractivity contribution in [1.82, 2.24) is 0 Å². The molecule has 38 rings (SSSR count). The molecule has 0 saturated heterocycles. The number of hydrogen-bond acceptors (Lipinski definition) is 4. The summed E-state index contributed by atoms with van der Waals surface area (Å²) in [7, 11) is 3.46. The Kier molecular flexibility index (Phi) is 17.9. The summed E-state index contributed by atoms with van der Waals surface area (Å²) in [5, 5.41) is 2.50. The van der Waals surface area contributed by atoms with Gasteiger partial charge in [-0.15, -0.1) is 0 Å². The monoisotopic (exact) mass is 1330 g/mol. The second-order valence-electron chi connectivity index (χ2n) is 32.7. The first kappa shape index (κ1) is 67.0. The van der Waals surface area contributed by atoms with Crippen molar-refractivity contribution in [2.24, 2.45) is 0 Å². The van der Waals surface area contributed by atoms with Gasteiger partial charge in [0.15, 0.2) is 0 Å². The molecule has 0 amide bonds. The Labute approximate surface area is 601 Å². The predicted octanol–water partition coefficient (Wildman–Crippen LogP) is 25.3. The molecule has 30 bridgehead atoms. The van der Waals surface area contributed by atoms with Crippen LogP contribution in [0.2, 0.25) is 0 Å². The number of rotatable bonds is 6. The molecule has 101 heavy (non-hydrogen) atoms. The summed E-state index contributed by atoms with van der Waals surface area (Å²) in [6.45, 7) is 13.0. The minimum Gasteiger partial charge on any atom is -0.359 e. The van der Waals surface area contributed by atoms with Crippen LogP contribution >= 0.6 is 0 Å². The van der Waals surface area contributed by atoms with Crippen molar-refractivity contribution in [3.8, 4) is 66.8 Å².